The van der Waals surface area contributed by atoms with E-state index in [1.54, 1.807) is 11.8 Å². The summed E-state index contributed by atoms with van der Waals surface area (Å²) in [4.78, 5) is 26.2. The molecule has 2 rings (SSSR count). The molecule has 26 heavy (non-hydrogen) atoms. The molecule has 0 saturated carbocycles. The molecule has 150 valence electrons. The number of nitrogens with one attached hydrogen (secondary N) is 1. The van der Waals surface area contributed by atoms with E-state index in [2.05, 4.69) is 5.32 Å². The number of aliphatic hydroxyl groups is 1. The Morgan fingerprint density at radius 3 is 2.62 bits per heavy atom. The van der Waals surface area contributed by atoms with Gasteiger partial charge in [0.15, 0.2) is 0 Å². The van der Waals surface area contributed by atoms with Gasteiger partial charge in [0, 0.05) is 26.3 Å². The molecule has 0 aromatic heterocycles. The molecule has 2 amide bonds. The molecule has 0 bridgehead atoms. The van der Waals surface area contributed by atoms with Crippen molar-refractivity contribution in [2.24, 2.45) is 0 Å². The summed E-state index contributed by atoms with van der Waals surface area (Å²) >= 11 is 1.62. The van der Waals surface area contributed by atoms with Crippen LogP contribution in [0.15, 0.2) is 0 Å². The first-order valence-corrected chi connectivity index (χ1v) is 10.6. The lowest BCUT2D eigenvalue weighted by Crippen LogP contribution is -2.69. The highest BCUT2D eigenvalue weighted by Gasteiger charge is 2.54. The summed E-state index contributed by atoms with van der Waals surface area (Å²) in [5.74, 6) is 1.34. The zero-order valence-electron chi connectivity index (χ0n) is 16.1. The van der Waals surface area contributed by atoms with Crippen LogP contribution < -0.4 is 5.32 Å². The molecular weight excluding hydrogens is 356 g/mol. The van der Waals surface area contributed by atoms with Gasteiger partial charge in [-0.25, -0.2) is 0 Å². The second-order valence-corrected chi connectivity index (χ2v) is 8.46. The van der Waals surface area contributed by atoms with Gasteiger partial charge >= 0.3 is 0 Å². The Bertz CT molecular complexity index is 496. The Morgan fingerprint density at radius 2 is 2.00 bits per heavy atom. The minimum absolute atomic E-state index is 0.00988. The van der Waals surface area contributed by atoms with Crippen molar-refractivity contribution in [2.45, 2.75) is 57.3 Å². The van der Waals surface area contributed by atoms with Crippen molar-refractivity contribution in [3.05, 3.63) is 0 Å². The van der Waals surface area contributed by atoms with Crippen molar-refractivity contribution in [3.8, 4) is 0 Å². The predicted octanol–water partition coefficient (Wildman–Crippen LogP) is 0.793. The van der Waals surface area contributed by atoms with Crippen molar-refractivity contribution < 1.29 is 24.2 Å². The molecule has 0 radical (unpaired) electrons. The van der Waals surface area contributed by atoms with Crippen molar-refractivity contribution in [2.75, 3.05) is 44.4 Å². The Balaban J connectivity index is 1.97. The van der Waals surface area contributed by atoms with Gasteiger partial charge in [0.05, 0.1) is 16.9 Å². The molecule has 2 N–H and O–H groups in total. The van der Waals surface area contributed by atoms with E-state index in [-0.39, 0.29) is 18.4 Å². The Kier molecular flexibility index (Phi) is 7.76. The highest BCUT2D eigenvalue weighted by molar-refractivity contribution is 7.99. The quantitative estimate of drug-likeness (QED) is 0.671. The van der Waals surface area contributed by atoms with E-state index in [1.807, 2.05) is 25.7 Å². The van der Waals surface area contributed by atoms with Gasteiger partial charge in [-0.3, -0.25) is 9.59 Å². The summed E-state index contributed by atoms with van der Waals surface area (Å²) in [6.45, 7) is 7.82. The first-order chi connectivity index (χ1) is 12.4. The van der Waals surface area contributed by atoms with Crippen molar-refractivity contribution in [3.63, 3.8) is 0 Å². The third kappa shape index (κ3) is 4.91. The van der Waals surface area contributed by atoms with Crippen LogP contribution in [-0.4, -0.2) is 83.5 Å². The molecule has 8 heteroatoms. The maximum absolute atomic E-state index is 12.2. The number of hydrogen-bond donors (Lipinski definition) is 2. The smallest absolute Gasteiger partial charge is 0.246 e. The van der Waals surface area contributed by atoms with Gasteiger partial charge in [-0.15, -0.1) is 0 Å². The summed E-state index contributed by atoms with van der Waals surface area (Å²) < 4.78 is 11.2. The summed E-state index contributed by atoms with van der Waals surface area (Å²) in [6.07, 6.45) is 0.877. The fraction of sp³-hybridized carbons (Fsp3) is 0.889. The van der Waals surface area contributed by atoms with E-state index in [1.165, 1.54) is 0 Å². The number of likely N-dealkylation sites (tertiary alicyclic amines) is 1. The van der Waals surface area contributed by atoms with E-state index in [9.17, 15) is 14.7 Å². The van der Waals surface area contributed by atoms with Gasteiger partial charge in [0.1, 0.15) is 12.7 Å². The summed E-state index contributed by atoms with van der Waals surface area (Å²) in [5.41, 5.74) is -1.46. The van der Waals surface area contributed by atoms with Crippen LogP contribution in [-0.2, 0) is 19.1 Å². The summed E-state index contributed by atoms with van der Waals surface area (Å²) in [5, 5.41) is 14.0. The standard InChI is InChI=1S/C18H32N2O5S/c1-4-24-12-14(21)19-17(3)8-11-25-18(16(17)23)6-9-20(10-7-18)15(22)13-26-5-2/h16,23H,4-13H2,1-3H3,(H,19,21)/t16-,17+/m0/s1. The average Bonchev–Trinajstić information content (AvgIpc) is 2.63. The second-order valence-electron chi connectivity index (χ2n) is 7.19. The van der Waals surface area contributed by atoms with Gasteiger partial charge in [-0.05, 0) is 38.9 Å². The average molecular weight is 389 g/mol. The number of ether oxygens (including phenoxy) is 2. The molecule has 0 unspecified atom stereocenters. The maximum Gasteiger partial charge on any atom is 0.246 e. The normalized spacial score (nSPS) is 28.2. The molecule has 2 aliphatic rings. The molecule has 0 aliphatic carbocycles. The summed E-state index contributed by atoms with van der Waals surface area (Å²) in [7, 11) is 0. The number of rotatable bonds is 7. The molecular formula is C18H32N2O5S. The lowest BCUT2D eigenvalue weighted by atomic mass is 9.73. The molecule has 0 aromatic rings. The van der Waals surface area contributed by atoms with Crippen LogP contribution in [0.5, 0.6) is 0 Å². The number of thioether (sulfide) groups is 1. The number of piperidine rings is 1. The number of hydrogen-bond acceptors (Lipinski definition) is 6. The molecule has 2 saturated heterocycles. The molecule has 2 aliphatic heterocycles. The monoisotopic (exact) mass is 388 g/mol. The third-order valence-electron chi connectivity index (χ3n) is 5.37. The lowest BCUT2D eigenvalue weighted by Gasteiger charge is -2.53. The number of carbonyl (C=O) groups is 2. The summed E-state index contributed by atoms with van der Waals surface area (Å²) in [6, 6.07) is 0. The van der Waals surface area contributed by atoms with E-state index < -0.39 is 17.2 Å². The van der Waals surface area contributed by atoms with E-state index in [0.29, 0.717) is 51.3 Å². The number of carbonyl (C=O) groups excluding carboxylic acids is 2. The van der Waals surface area contributed by atoms with Gasteiger partial charge in [0.2, 0.25) is 11.8 Å². The first-order valence-electron chi connectivity index (χ1n) is 9.43. The van der Waals surface area contributed by atoms with Crippen LogP contribution in [0, 0.1) is 0 Å². The van der Waals surface area contributed by atoms with Gasteiger partial charge in [-0.1, -0.05) is 6.92 Å². The molecule has 2 atom stereocenters. The van der Waals surface area contributed by atoms with Crippen molar-refractivity contribution in [1.82, 2.24) is 10.2 Å². The Labute approximate surface area is 160 Å². The largest absolute Gasteiger partial charge is 0.388 e. The Hall–Kier alpha value is -0.830. The van der Waals surface area contributed by atoms with Crippen molar-refractivity contribution >= 4 is 23.6 Å². The van der Waals surface area contributed by atoms with Gasteiger partial charge < -0.3 is 24.8 Å². The molecule has 2 fully saturated rings. The van der Waals surface area contributed by atoms with E-state index in [4.69, 9.17) is 9.47 Å². The van der Waals surface area contributed by atoms with Crippen LogP contribution in [0.3, 0.4) is 0 Å². The number of nitrogens with zero attached hydrogens (tertiary/aromatic N) is 1. The minimum atomic E-state index is -0.823. The SMILES string of the molecule is CCOCC(=O)N[C@]1(C)CCOC2(CCN(C(=O)CSCC)CC2)[C@H]1O. The van der Waals surface area contributed by atoms with Crippen LogP contribution in [0.2, 0.25) is 0 Å². The van der Waals surface area contributed by atoms with E-state index >= 15 is 0 Å². The van der Waals surface area contributed by atoms with Crippen LogP contribution in [0.1, 0.15) is 40.0 Å². The van der Waals surface area contributed by atoms with Crippen LogP contribution >= 0.6 is 11.8 Å². The highest BCUT2D eigenvalue weighted by atomic mass is 32.2. The van der Waals surface area contributed by atoms with Crippen molar-refractivity contribution in [1.29, 1.82) is 0 Å². The zero-order valence-corrected chi connectivity index (χ0v) is 16.9. The number of amides is 2. The molecule has 0 aromatic carbocycles. The highest BCUT2D eigenvalue weighted by Crippen LogP contribution is 2.40. The van der Waals surface area contributed by atoms with Gasteiger partial charge in [0.25, 0.3) is 0 Å². The molecule has 1 spiro atoms. The van der Waals surface area contributed by atoms with Gasteiger partial charge in [-0.2, -0.15) is 11.8 Å². The second kappa shape index (κ2) is 9.39. The lowest BCUT2D eigenvalue weighted by molar-refractivity contribution is -0.208. The molecule has 7 nitrogen and oxygen atoms in total. The fourth-order valence-corrected chi connectivity index (χ4v) is 4.34. The predicted molar refractivity (Wildman–Crippen MR) is 101 cm³/mol. The molecule has 2 heterocycles. The Morgan fingerprint density at radius 1 is 1.31 bits per heavy atom. The number of aliphatic hydroxyl groups excluding tert-OH is 1. The minimum Gasteiger partial charge on any atom is -0.388 e. The van der Waals surface area contributed by atoms with Crippen LogP contribution in [0.25, 0.3) is 0 Å². The maximum atomic E-state index is 12.2. The van der Waals surface area contributed by atoms with Crippen LogP contribution in [0.4, 0.5) is 0 Å². The fourth-order valence-electron chi connectivity index (χ4n) is 3.78. The topological polar surface area (TPSA) is 88.1 Å². The first kappa shape index (κ1) is 21.5. The zero-order chi connectivity index (χ0) is 19.2. The van der Waals surface area contributed by atoms with E-state index in [0.717, 1.165) is 5.75 Å². The third-order valence-corrected chi connectivity index (χ3v) is 6.23.